The lowest BCUT2D eigenvalue weighted by Gasteiger charge is -2.07. The normalized spacial score (nSPS) is 10.5. The van der Waals surface area contributed by atoms with Crippen LogP contribution in [0.3, 0.4) is 0 Å². The Labute approximate surface area is 168 Å². The number of carbonyl (C=O) groups is 2. The van der Waals surface area contributed by atoms with E-state index >= 15 is 0 Å². The zero-order valence-electron chi connectivity index (χ0n) is 14.2. The number of halogens is 2. The maximum atomic E-state index is 13.0. The van der Waals surface area contributed by atoms with Gasteiger partial charge < -0.3 is 5.84 Å². The summed E-state index contributed by atoms with van der Waals surface area (Å²) in [4.78, 5) is 23.8. The van der Waals surface area contributed by atoms with E-state index in [1.54, 1.807) is 12.1 Å². The van der Waals surface area contributed by atoms with Crippen LogP contribution in [-0.4, -0.2) is 32.4 Å². The SMILES string of the molecule is Nn1c(SCC(=O)NNC(=O)c2ccc(Cl)cc2)nnc1-c1ccc(F)cc1. The van der Waals surface area contributed by atoms with Crippen LogP contribution in [-0.2, 0) is 4.79 Å². The van der Waals surface area contributed by atoms with E-state index < -0.39 is 11.8 Å². The summed E-state index contributed by atoms with van der Waals surface area (Å²) in [5.74, 6) is 4.90. The largest absolute Gasteiger partial charge is 0.335 e. The number of thioether (sulfide) groups is 1. The first kappa shape index (κ1) is 19.6. The highest BCUT2D eigenvalue weighted by molar-refractivity contribution is 7.99. The molecule has 1 aromatic heterocycles. The van der Waals surface area contributed by atoms with E-state index in [0.29, 0.717) is 27.1 Å². The van der Waals surface area contributed by atoms with E-state index in [1.165, 1.54) is 41.1 Å². The number of hydrazine groups is 1. The molecule has 0 atom stereocenters. The van der Waals surface area contributed by atoms with Gasteiger partial charge in [0.15, 0.2) is 5.82 Å². The van der Waals surface area contributed by atoms with Gasteiger partial charge >= 0.3 is 0 Å². The van der Waals surface area contributed by atoms with Crippen LogP contribution >= 0.6 is 23.4 Å². The zero-order valence-corrected chi connectivity index (χ0v) is 15.8. The minimum Gasteiger partial charge on any atom is -0.335 e. The fourth-order valence-corrected chi connectivity index (χ4v) is 2.92. The number of nitrogen functional groups attached to an aromatic ring is 1. The number of nitrogens with one attached hydrogen (secondary N) is 2. The summed E-state index contributed by atoms with van der Waals surface area (Å²) >= 11 is 6.79. The van der Waals surface area contributed by atoms with E-state index in [2.05, 4.69) is 21.0 Å². The number of rotatable bonds is 5. The second kappa shape index (κ2) is 8.72. The van der Waals surface area contributed by atoms with Crippen LogP contribution < -0.4 is 16.7 Å². The van der Waals surface area contributed by atoms with Gasteiger partial charge in [0.2, 0.25) is 11.1 Å². The molecule has 144 valence electrons. The Morgan fingerprint density at radius 3 is 2.43 bits per heavy atom. The van der Waals surface area contributed by atoms with Crippen molar-refractivity contribution < 1.29 is 14.0 Å². The molecule has 0 aliphatic carbocycles. The van der Waals surface area contributed by atoms with E-state index in [4.69, 9.17) is 17.4 Å². The molecular weight excluding hydrogens is 407 g/mol. The van der Waals surface area contributed by atoms with E-state index in [-0.39, 0.29) is 11.6 Å². The fraction of sp³-hybridized carbons (Fsp3) is 0.0588. The Kier molecular flexibility index (Phi) is 6.12. The molecule has 0 aliphatic heterocycles. The first-order valence-electron chi connectivity index (χ1n) is 7.88. The Morgan fingerprint density at radius 1 is 1.07 bits per heavy atom. The molecule has 28 heavy (non-hydrogen) atoms. The van der Waals surface area contributed by atoms with Crippen LogP contribution in [0.15, 0.2) is 53.7 Å². The monoisotopic (exact) mass is 420 g/mol. The summed E-state index contributed by atoms with van der Waals surface area (Å²) in [6.07, 6.45) is 0. The second-order valence-corrected chi connectivity index (χ2v) is 6.86. The van der Waals surface area contributed by atoms with Gasteiger partial charge in [-0.3, -0.25) is 20.4 Å². The Bertz CT molecular complexity index is 994. The predicted octanol–water partition coefficient (Wildman–Crippen LogP) is 2.00. The minimum atomic E-state index is -0.476. The van der Waals surface area contributed by atoms with Gasteiger partial charge in [0.25, 0.3) is 5.91 Å². The van der Waals surface area contributed by atoms with Crippen LogP contribution in [0.2, 0.25) is 5.02 Å². The van der Waals surface area contributed by atoms with Crippen LogP contribution in [0.4, 0.5) is 4.39 Å². The van der Waals surface area contributed by atoms with Gasteiger partial charge in [-0.25, -0.2) is 9.07 Å². The molecule has 0 bridgehead atoms. The van der Waals surface area contributed by atoms with Crippen molar-refractivity contribution in [3.05, 3.63) is 64.9 Å². The molecule has 0 spiro atoms. The lowest BCUT2D eigenvalue weighted by Crippen LogP contribution is -2.42. The fourth-order valence-electron chi connectivity index (χ4n) is 2.14. The maximum absolute atomic E-state index is 13.0. The van der Waals surface area contributed by atoms with Crippen molar-refractivity contribution in [2.75, 3.05) is 11.6 Å². The van der Waals surface area contributed by atoms with Crippen molar-refractivity contribution in [2.45, 2.75) is 5.16 Å². The van der Waals surface area contributed by atoms with Crippen LogP contribution in [0.1, 0.15) is 10.4 Å². The van der Waals surface area contributed by atoms with Gasteiger partial charge in [-0.15, -0.1) is 10.2 Å². The summed E-state index contributed by atoms with van der Waals surface area (Å²) in [7, 11) is 0. The van der Waals surface area contributed by atoms with Crippen LogP contribution in [0.25, 0.3) is 11.4 Å². The summed E-state index contributed by atoms with van der Waals surface area (Å²) in [5.41, 5.74) is 5.53. The molecule has 0 saturated heterocycles. The number of hydrogen-bond donors (Lipinski definition) is 3. The molecular formula is C17H14ClFN6O2S. The Hall–Kier alpha value is -3.11. The third-order valence-electron chi connectivity index (χ3n) is 3.52. The molecule has 3 rings (SSSR count). The second-order valence-electron chi connectivity index (χ2n) is 5.48. The van der Waals surface area contributed by atoms with E-state index in [0.717, 1.165) is 11.8 Å². The number of hydrogen-bond acceptors (Lipinski definition) is 6. The van der Waals surface area contributed by atoms with Crippen molar-refractivity contribution in [1.82, 2.24) is 25.7 Å². The van der Waals surface area contributed by atoms with Crippen molar-refractivity contribution in [1.29, 1.82) is 0 Å². The molecule has 0 unspecified atom stereocenters. The van der Waals surface area contributed by atoms with Gasteiger partial charge in [-0.2, -0.15) is 0 Å². The van der Waals surface area contributed by atoms with E-state index in [1.807, 2.05) is 0 Å². The molecule has 2 amide bonds. The number of benzene rings is 2. The van der Waals surface area contributed by atoms with Crippen molar-refractivity contribution in [2.24, 2.45) is 0 Å². The molecule has 11 heteroatoms. The van der Waals surface area contributed by atoms with Gasteiger partial charge in [-0.05, 0) is 48.5 Å². The number of nitrogens with zero attached hydrogens (tertiary/aromatic N) is 3. The van der Waals surface area contributed by atoms with Gasteiger partial charge in [0, 0.05) is 16.1 Å². The summed E-state index contributed by atoms with van der Waals surface area (Å²) in [6.45, 7) is 0. The van der Waals surface area contributed by atoms with Gasteiger partial charge in [-0.1, -0.05) is 23.4 Å². The molecule has 0 saturated carbocycles. The van der Waals surface area contributed by atoms with Gasteiger partial charge in [0.1, 0.15) is 5.82 Å². The van der Waals surface area contributed by atoms with Crippen LogP contribution in [0.5, 0.6) is 0 Å². The lowest BCUT2D eigenvalue weighted by atomic mass is 10.2. The smallest absolute Gasteiger partial charge is 0.269 e. The number of carbonyl (C=O) groups excluding carboxylic acids is 2. The first-order valence-corrected chi connectivity index (χ1v) is 9.24. The summed E-state index contributed by atoms with van der Waals surface area (Å²) < 4.78 is 14.2. The number of aromatic nitrogens is 3. The van der Waals surface area contributed by atoms with Crippen LogP contribution in [0, 0.1) is 5.82 Å². The number of amides is 2. The highest BCUT2D eigenvalue weighted by Crippen LogP contribution is 2.21. The molecule has 2 aromatic carbocycles. The van der Waals surface area contributed by atoms with E-state index in [9.17, 15) is 14.0 Å². The molecule has 0 fully saturated rings. The molecule has 0 radical (unpaired) electrons. The van der Waals surface area contributed by atoms with Gasteiger partial charge in [0.05, 0.1) is 5.75 Å². The third-order valence-corrected chi connectivity index (χ3v) is 4.72. The summed E-state index contributed by atoms with van der Waals surface area (Å²) in [6, 6.07) is 11.8. The standard InChI is InChI=1S/C17H14ClFN6O2S/c18-12-5-1-11(2-6-12)16(27)23-21-14(26)9-28-17-24-22-15(25(17)20)10-3-7-13(19)8-4-10/h1-8H,9,20H2,(H,21,26)(H,23,27). The highest BCUT2D eigenvalue weighted by atomic mass is 35.5. The molecule has 8 nitrogen and oxygen atoms in total. The van der Waals surface area contributed by atoms with Crippen molar-refractivity contribution >= 4 is 35.2 Å². The first-order chi connectivity index (χ1) is 13.4. The third kappa shape index (κ3) is 4.78. The molecule has 0 aliphatic rings. The lowest BCUT2D eigenvalue weighted by molar-refractivity contribution is -0.119. The topological polar surface area (TPSA) is 115 Å². The number of nitrogens with two attached hydrogens (primary N) is 1. The maximum Gasteiger partial charge on any atom is 0.269 e. The summed E-state index contributed by atoms with van der Waals surface area (Å²) in [5, 5.41) is 8.65. The minimum absolute atomic E-state index is 0.0559. The van der Waals surface area contributed by atoms with Crippen molar-refractivity contribution in [3.63, 3.8) is 0 Å². The molecule has 1 heterocycles. The average Bonchev–Trinajstić information content (AvgIpc) is 3.06. The molecule has 4 N–H and O–H groups in total. The predicted molar refractivity (Wildman–Crippen MR) is 103 cm³/mol. The Morgan fingerprint density at radius 2 is 1.75 bits per heavy atom. The highest BCUT2D eigenvalue weighted by Gasteiger charge is 2.14. The van der Waals surface area contributed by atoms with Crippen molar-refractivity contribution in [3.8, 4) is 11.4 Å². The average molecular weight is 421 g/mol. The quantitative estimate of drug-likeness (QED) is 0.330. The Balaban J connectivity index is 1.53. The zero-order chi connectivity index (χ0) is 20.1. The molecule has 3 aromatic rings.